The van der Waals surface area contributed by atoms with E-state index < -0.39 is 10.0 Å². The van der Waals surface area contributed by atoms with Gasteiger partial charge in [-0.15, -0.1) is 0 Å². The van der Waals surface area contributed by atoms with Gasteiger partial charge in [0.05, 0.1) is 4.90 Å². The molecule has 0 unspecified atom stereocenters. The highest BCUT2D eigenvalue weighted by Crippen LogP contribution is 2.19. The lowest BCUT2D eigenvalue weighted by molar-refractivity contribution is 0.469. The maximum absolute atomic E-state index is 11.7. The van der Waals surface area contributed by atoms with Crippen molar-refractivity contribution in [1.82, 2.24) is 4.72 Å². The molecule has 5 nitrogen and oxygen atoms in total. The molecule has 106 valence electrons. The number of benzene rings is 2. The summed E-state index contributed by atoms with van der Waals surface area (Å²) in [4.78, 5) is 0.197. The summed E-state index contributed by atoms with van der Waals surface area (Å²) in [7, 11) is -2.08. The van der Waals surface area contributed by atoms with Crippen molar-refractivity contribution in [1.29, 1.82) is 0 Å². The van der Waals surface area contributed by atoms with Crippen molar-refractivity contribution in [2.45, 2.75) is 11.4 Å². The molecule has 0 aliphatic carbocycles. The summed E-state index contributed by atoms with van der Waals surface area (Å²) in [6.45, 7) is 0.412. The third-order valence-corrected chi connectivity index (χ3v) is 4.30. The number of hydrogen-bond donors (Lipinski definition) is 3. The molecule has 0 amide bonds. The second-order valence-corrected chi connectivity index (χ2v) is 6.10. The molecule has 0 radical (unpaired) electrons. The van der Waals surface area contributed by atoms with Gasteiger partial charge in [0.1, 0.15) is 5.75 Å². The third-order valence-electron chi connectivity index (χ3n) is 2.89. The normalized spacial score (nSPS) is 11.2. The van der Waals surface area contributed by atoms with Gasteiger partial charge >= 0.3 is 0 Å². The zero-order chi connectivity index (χ0) is 14.6. The van der Waals surface area contributed by atoms with Crippen LogP contribution in [0.3, 0.4) is 0 Å². The van der Waals surface area contributed by atoms with Crippen molar-refractivity contribution in [2.75, 3.05) is 12.4 Å². The molecule has 0 spiro atoms. The summed E-state index contributed by atoms with van der Waals surface area (Å²) < 4.78 is 25.7. The van der Waals surface area contributed by atoms with E-state index in [2.05, 4.69) is 10.0 Å². The number of rotatable bonds is 5. The summed E-state index contributed by atoms with van der Waals surface area (Å²) >= 11 is 0. The Hall–Kier alpha value is -2.05. The van der Waals surface area contributed by atoms with E-state index in [4.69, 9.17) is 0 Å². The van der Waals surface area contributed by atoms with Gasteiger partial charge in [-0.2, -0.15) is 0 Å². The molecule has 0 aliphatic rings. The Morgan fingerprint density at radius 3 is 2.55 bits per heavy atom. The average Bonchev–Trinajstić information content (AvgIpc) is 2.47. The largest absolute Gasteiger partial charge is 0.508 e. The highest BCUT2D eigenvalue weighted by atomic mass is 32.2. The summed E-state index contributed by atoms with van der Waals surface area (Å²) in [5, 5.41) is 12.8. The van der Waals surface area contributed by atoms with Crippen LogP contribution in [0.25, 0.3) is 0 Å². The summed E-state index contributed by atoms with van der Waals surface area (Å²) in [6, 6.07) is 13.5. The van der Waals surface area contributed by atoms with Gasteiger partial charge in [0.15, 0.2) is 0 Å². The first-order valence-electron chi connectivity index (χ1n) is 6.07. The molecule has 3 N–H and O–H groups in total. The molecule has 0 saturated carbocycles. The minimum Gasteiger partial charge on any atom is -0.508 e. The first kappa shape index (κ1) is 14.4. The Morgan fingerprint density at radius 1 is 1.10 bits per heavy atom. The number of anilines is 1. The molecule has 0 aliphatic heterocycles. The lowest BCUT2D eigenvalue weighted by atomic mass is 10.2. The van der Waals surface area contributed by atoms with Gasteiger partial charge in [-0.25, -0.2) is 13.1 Å². The fourth-order valence-corrected chi connectivity index (χ4v) is 2.52. The Balaban J connectivity index is 2.15. The fourth-order valence-electron chi connectivity index (χ4n) is 1.75. The average molecular weight is 292 g/mol. The smallest absolute Gasteiger partial charge is 0.240 e. The number of aromatic hydroxyl groups is 1. The van der Waals surface area contributed by atoms with Crippen molar-refractivity contribution in [3.05, 3.63) is 54.1 Å². The molecule has 0 fully saturated rings. The molecule has 0 atom stereocenters. The second kappa shape index (κ2) is 5.94. The number of sulfonamides is 1. The Kier molecular flexibility index (Phi) is 4.26. The van der Waals surface area contributed by atoms with E-state index in [1.165, 1.54) is 13.1 Å². The van der Waals surface area contributed by atoms with Crippen LogP contribution >= 0.6 is 0 Å². The third kappa shape index (κ3) is 3.28. The van der Waals surface area contributed by atoms with Crippen molar-refractivity contribution in [3.63, 3.8) is 0 Å². The van der Waals surface area contributed by atoms with Gasteiger partial charge < -0.3 is 10.4 Å². The molecule has 2 aromatic rings. The molecule has 0 aromatic heterocycles. The Morgan fingerprint density at radius 2 is 1.85 bits per heavy atom. The van der Waals surface area contributed by atoms with Crippen molar-refractivity contribution >= 4 is 15.7 Å². The lowest BCUT2D eigenvalue weighted by Crippen LogP contribution is -2.18. The van der Waals surface area contributed by atoms with Crippen molar-refractivity contribution < 1.29 is 13.5 Å². The van der Waals surface area contributed by atoms with Gasteiger partial charge in [0.2, 0.25) is 10.0 Å². The van der Waals surface area contributed by atoms with E-state index >= 15 is 0 Å². The lowest BCUT2D eigenvalue weighted by Gasteiger charge is -2.09. The predicted molar refractivity (Wildman–Crippen MR) is 78.1 cm³/mol. The van der Waals surface area contributed by atoms with Crippen molar-refractivity contribution in [2.24, 2.45) is 0 Å². The molecular formula is C14H16N2O3S. The van der Waals surface area contributed by atoms with Gasteiger partial charge in [-0.05, 0) is 31.3 Å². The highest BCUT2D eigenvalue weighted by molar-refractivity contribution is 7.89. The zero-order valence-corrected chi connectivity index (χ0v) is 11.8. The quantitative estimate of drug-likeness (QED) is 0.786. The number of para-hydroxylation sites is 1. The number of phenolic OH excluding ortho intramolecular Hbond substituents is 1. The van der Waals surface area contributed by atoms with Crippen LogP contribution in [0.1, 0.15) is 5.56 Å². The van der Waals surface area contributed by atoms with Crippen LogP contribution in [0.5, 0.6) is 5.75 Å². The highest BCUT2D eigenvalue weighted by Gasteiger charge is 2.11. The number of hydrogen-bond acceptors (Lipinski definition) is 4. The van der Waals surface area contributed by atoms with Gasteiger partial charge in [0, 0.05) is 17.8 Å². The van der Waals surface area contributed by atoms with E-state index in [0.717, 1.165) is 5.56 Å². The first-order valence-corrected chi connectivity index (χ1v) is 7.55. The summed E-state index contributed by atoms with van der Waals surface area (Å²) in [5.74, 6) is 0.207. The minimum atomic E-state index is -3.45. The van der Waals surface area contributed by atoms with E-state index in [1.54, 1.807) is 36.4 Å². The second-order valence-electron chi connectivity index (χ2n) is 4.22. The number of nitrogens with one attached hydrogen (secondary N) is 2. The molecule has 0 bridgehead atoms. The van der Waals surface area contributed by atoms with Gasteiger partial charge in [-0.1, -0.05) is 24.3 Å². The van der Waals surface area contributed by atoms with Crippen LogP contribution in [-0.2, 0) is 16.6 Å². The molecular weight excluding hydrogens is 276 g/mol. The standard InChI is InChI=1S/C14H16N2O3S/c1-15-20(18,19)13-7-4-6-12(9-13)16-10-11-5-2-3-8-14(11)17/h2-9,15-17H,10H2,1H3. The Bertz CT molecular complexity index is 699. The van der Waals surface area contributed by atoms with E-state index in [-0.39, 0.29) is 10.6 Å². The molecule has 0 heterocycles. The Labute approximate surface area is 118 Å². The molecule has 6 heteroatoms. The fraction of sp³-hybridized carbons (Fsp3) is 0.143. The maximum Gasteiger partial charge on any atom is 0.240 e. The zero-order valence-electron chi connectivity index (χ0n) is 11.0. The van der Waals surface area contributed by atoms with E-state index in [9.17, 15) is 13.5 Å². The number of phenols is 1. The van der Waals surface area contributed by atoms with Crippen LogP contribution in [0.4, 0.5) is 5.69 Å². The maximum atomic E-state index is 11.7. The monoisotopic (exact) mass is 292 g/mol. The van der Waals surface area contributed by atoms with Crippen molar-refractivity contribution in [3.8, 4) is 5.75 Å². The van der Waals surface area contributed by atoms with Crippen LogP contribution in [-0.4, -0.2) is 20.6 Å². The van der Waals surface area contributed by atoms with Crippen LogP contribution in [0.2, 0.25) is 0 Å². The summed E-state index contributed by atoms with van der Waals surface area (Å²) in [6.07, 6.45) is 0. The molecule has 2 rings (SSSR count). The van der Waals surface area contributed by atoms with Crippen LogP contribution in [0.15, 0.2) is 53.4 Å². The SMILES string of the molecule is CNS(=O)(=O)c1cccc(NCc2ccccc2O)c1. The van der Waals surface area contributed by atoms with Gasteiger partial charge in [-0.3, -0.25) is 0 Å². The van der Waals surface area contributed by atoms with Gasteiger partial charge in [0.25, 0.3) is 0 Å². The van der Waals surface area contributed by atoms with Crippen LogP contribution < -0.4 is 10.0 Å². The topological polar surface area (TPSA) is 78.4 Å². The van der Waals surface area contributed by atoms with Crippen LogP contribution in [0, 0.1) is 0 Å². The molecule has 0 saturated heterocycles. The van der Waals surface area contributed by atoms with E-state index in [1.807, 2.05) is 6.07 Å². The summed E-state index contributed by atoms with van der Waals surface area (Å²) in [5.41, 5.74) is 1.42. The molecule has 20 heavy (non-hydrogen) atoms. The molecule has 2 aromatic carbocycles. The first-order chi connectivity index (χ1) is 9.53. The predicted octanol–water partition coefficient (Wildman–Crippen LogP) is 1.91. The minimum absolute atomic E-state index is 0.197. The van der Waals surface area contributed by atoms with E-state index in [0.29, 0.717) is 12.2 Å².